The standard InChI is InChI=1S/C20H32N2O3S/c1-3-25-19(24)17-14-9-5-6-10-15(14)26-18(17)22-16(23)13-21-20(2)11-7-4-8-12-20/h17-18,21H,3-13H2,1-2H3,(H,22,23). The van der Waals surface area contributed by atoms with Gasteiger partial charge in [-0.25, -0.2) is 0 Å². The van der Waals surface area contributed by atoms with Gasteiger partial charge >= 0.3 is 5.97 Å². The molecule has 3 rings (SSSR count). The van der Waals surface area contributed by atoms with Crippen LogP contribution in [0.1, 0.15) is 71.6 Å². The quantitative estimate of drug-likeness (QED) is 0.691. The third kappa shape index (κ3) is 4.63. The summed E-state index contributed by atoms with van der Waals surface area (Å²) in [5.41, 5.74) is 1.27. The van der Waals surface area contributed by atoms with Crippen molar-refractivity contribution >= 4 is 23.6 Å². The number of thioether (sulfide) groups is 1. The Kier molecular flexibility index (Phi) is 6.67. The lowest BCUT2D eigenvalue weighted by atomic mass is 9.83. The van der Waals surface area contributed by atoms with E-state index in [0.717, 1.165) is 32.1 Å². The number of ether oxygens (including phenoxy) is 1. The van der Waals surface area contributed by atoms with E-state index in [1.165, 1.54) is 36.2 Å². The summed E-state index contributed by atoms with van der Waals surface area (Å²) in [5.74, 6) is -0.530. The molecule has 1 amide bonds. The van der Waals surface area contributed by atoms with Crippen molar-refractivity contribution in [1.82, 2.24) is 10.6 Å². The van der Waals surface area contributed by atoms with Crippen LogP contribution < -0.4 is 10.6 Å². The van der Waals surface area contributed by atoms with Crippen LogP contribution in [0, 0.1) is 5.92 Å². The first-order chi connectivity index (χ1) is 12.5. The lowest BCUT2D eigenvalue weighted by Crippen LogP contribution is -2.50. The van der Waals surface area contributed by atoms with Crippen molar-refractivity contribution in [3.63, 3.8) is 0 Å². The molecule has 0 aromatic heterocycles. The second-order valence-corrected chi connectivity index (χ2v) is 9.20. The predicted molar refractivity (Wildman–Crippen MR) is 105 cm³/mol. The molecule has 26 heavy (non-hydrogen) atoms. The molecule has 2 N–H and O–H groups in total. The number of amides is 1. The second-order valence-electron chi connectivity index (χ2n) is 7.97. The molecular formula is C20H32N2O3S. The van der Waals surface area contributed by atoms with Crippen molar-refractivity contribution in [2.24, 2.45) is 5.92 Å². The van der Waals surface area contributed by atoms with E-state index < -0.39 is 0 Å². The van der Waals surface area contributed by atoms with Gasteiger partial charge in [0.05, 0.1) is 18.5 Å². The third-order valence-corrected chi connectivity index (χ3v) is 7.28. The average Bonchev–Trinajstić information content (AvgIpc) is 2.99. The van der Waals surface area contributed by atoms with Gasteiger partial charge in [-0.05, 0) is 62.9 Å². The highest BCUT2D eigenvalue weighted by atomic mass is 32.2. The van der Waals surface area contributed by atoms with Crippen LogP contribution in [0.15, 0.2) is 10.5 Å². The molecule has 0 aromatic rings. The molecule has 2 unspecified atom stereocenters. The summed E-state index contributed by atoms with van der Waals surface area (Å²) in [7, 11) is 0. The Balaban J connectivity index is 1.58. The fourth-order valence-corrected chi connectivity index (χ4v) is 5.94. The van der Waals surface area contributed by atoms with Gasteiger partial charge in [0.1, 0.15) is 5.92 Å². The molecule has 0 saturated heterocycles. The van der Waals surface area contributed by atoms with Gasteiger partial charge in [0.25, 0.3) is 0 Å². The SMILES string of the molecule is CCOC(=O)C1C2=C(CCCC2)SC1NC(=O)CNC1(C)CCCCC1. The van der Waals surface area contributed by atoms with Crippen molar-refractivity contribution in [3.8, 4) is 0 Å². The number of rotatable bonds is 6. The van der Waals surface area contributed by atoms with Crippen molar-refractivity contribution in [2.75, 3.05) is 13.2 Å². The molecule has 1 heterocycles. The van der Waals surface area contributed by atoms with E-state index in [1.54, 1.807) is 11.8 Å². The number of nitrogens with one attached hydrogen (secondary N) is 2. The zero-order chi connectivity index (χ0) is 18.6. The van der Waals surface area contributed by atoms with E-state index in [1.807, 2.05) is 6.92 Å². The van der Waals surface area contributed by atoms with Gasteiger partial charge in [-0.3, -0.25) is 9.59 Å². The molecule has 0 bridgehead atoms. The summed E-state index contributed by atoms with van der Waals surface area (Å²) in [6, 6.07) is 0. The van der Waals surface area contributed by atoms with Gasteiger partial charge in [0, 0.05) is 5.54 Å². The molecule has 146 valence electrons. The Morgan fingerprint density at radius 1 is 1.15 bits per heavy atom. The lowest BCUT2D eigenvalue weighted by Gasteiger charge is -2.34. The smallest absolute Gasteiger partial charge is 0.316 e. The summed E-state index contributed by atoms with van der Waals surface area (Å²) >= 11 is 1.66. The van der Waals surface area contributed by atoms with E-state index in [2.05, 4.69) is 17.6 Å². The molecule has 3 aliphatic rings. The fourth-order valence-electron chi connectivity index (χ4n) is 4.39. The number of esters is 1. The topological polar surface area (TPSA) is 67.4 Å². The van der Waals surface area contributed by atoms with E-state index in [9.17, 15) is 9.59 Å². The van der Waals surface area contributed by atoms with Gasteiger partial charge in [0.15, 0.2) is 0 Å². The third-order valence-electron chi connectivity index (χ3n) is 5.88. The molecule has 1 aliphatic heterocycles. The first-order valence-electron chi connectivity index (χ1n) is 10.1. The fraction of sp³-hybridized carbons (Fsp3) is 0.800. The lowest BCUT2D eigenvalue weighted by molar-refractivity contribution is -0.146. The number of hydrogen-bond donors (Lipinski definition) is 2. The summed E-state index contributed by atoms with van der Waals surface area (Å²) in [5, 5.41) is 6.34. The molecule has 0 radical (unpaired) electrons. The van der Waals surface area contributed by atoms with Crippen LogP contribution in [-0.4, -0.2) is 35.9 Å². The van der Waals surface area contributed by atoms with E-state index in [4.69, 9.17) is 4.74 Å². The van der Waals surface area contributed by atoms with Crippen LogP contribution in [0.25, 0.3) is 0 Å². The minimum Gasteiger partial charge on any atom is -0.465 e. The number of carbonyl (C=O) groups excluding carboxylic acids is 2. The van der Waals surface area contributed by atoms with Crippen LogP contribution in [0.4, 0.5) is 0 Å². The van der Waals surface area contributed by atoms with Crippen molar-refractivity contribution < 1.29 is 14.3 Å². The van der Waals surface area contributed by atoms with Gasteiger partial charge < -0.3 is 15.4 Å². The number of hydrogen-bond acceptors (Lipinski definition) is 5. The monoisotopic (exact) mass is 380 g/mol. The molecule has 1 fully saturated rings. The van der Waals surface area contributed by atoms with E-state index in [-0.39, 0.29) is 28.7 Å². The van der Waals surface area contributed by atoms with Gasteiger partial charge in [-0.15, -0.1) is 11.8 Å². The van der Waals surface area contributed by atoms with Crippen LogP contribution in [0.5, 0.6) is 0 Å². The summed E-state index contributed by atoms with van der Waals surface area (Å²) < 4.78 is 5.30. The average molecular weight is 381 g/mol. The van der Waals surface area contributed by atoms with Crippen LogP contribution in [0.3, 0.4) is 0 Å². The zero-order valence-corrected chi connectivity index (χ0v) is 16.9. The minimum atomic E-state index is -0.315. The van der Waals surface area contributed by atoms with Crippen molar-refractivity contribution in [3.05, 3.63) is 10.5 Å². The summed E-state index contributed by atoms with van der Waals surface area (Å²) in [6.45, 7) is 4.74. The maximum absolute atomic E-state index is 12.6. The zero-order valence-electron chi connectivity index (χ0n) is 16.1. The first-order valence-corrected chi connectivity index (χ1v) is 11.0. The van der Waals surface area contributed by atoms with Gasteiger partial charge in [-0.1, -0.05) is 19.3 Å². The van der Waals surface area contributed by atoms with Crippen LogP contribution >= 0.6 is 11.8 Å². The summed E-state index contributed by atoms with van der Waals surface area (Å²) in [4.78, 5) is 26.4. The molecule has 2 atom stereocenters. The highest BCUT2D eigenvalue weighted by Crippen LogP contribution is 2.48. The Bertz CT molecular complexity index is 569. The minimum absolute atomic E-state index is 0.0246. The maximum Gasteiger partial charge on any atom is 0.316 e. The normalized spacial score (nSPS) is 27.8. The molecule has 6 heteroatoms. The maximum atomic E-state index is 12.6. The van der Waals surface area contributed by atoms with E-state index >= 15 is 0 Å². The highest BCUT2D eigenvalue weighted by Gasteiger charge is 2.42. The molecular weight excluding hydrogens is 348 g/mol. The Morgan fingerprint density at radius 3 is 2.62 bits per heavy atom. The molecule has 0 spiro atoms. The van der Waals surface area contributed by atoms with Crippen molar-refractivity contribution in [1.29, 1.82) is 0 Å². The Hall–Kier alpha value is -1.01. The van der Waals surface area contributed by atoms with Crippen LogP contribution in [-0.2, 0) is 14.3 Å². The highest BCUT2D eigenvalue weighted by molar-refractivity contribution is 8.04. The Morgan fingerprint density at radius 2 is 1.88 bits per heavy atom. The molecule has 5 nitrogen and oxygen atoms in total. The number of carbonyl (C=O) groups is 2. The Labute approximate surface area is 161 Å². The van der Waals surface area contributed by atoms with Gasteiger partial charge in [0.2, 0.25) is 5.91 Å². The van der Waals surface area contributed by atoms with Gasteiger partial charge in [-0.2, -0.15) is 0 Å². The van der Waals surface area contributed by atoms with Crippen molar-refractivity contribution in [2.45, 2.75) is 82.5 Å². The molecule has 2 aliphatic carbocycles. The first kappa shape index (κ1) is 19.7. The largest absolute Gasteiger partial charge is 0.465 e. The van der Waals surface area contributed by atoms with Crippen LogP contribution in [0.2, 0.25) is 0 Å². The molecule has 1 saturated carbocycles. The second kappa shape index (κ2) is 8.79. The number of allylic oxidation sites excluding steroid dienone is 1. The summed E-state index contributed by atoms with van der Waals surface area (Å²) in [6.07, 6.45) is 10.3. The predicted octanol–water partition coefficient (Wildman–Crippen LogP) is 3.50. The molecule has 0 aromatic carbocycles. The van der Waals surface area contributed by atoms with E-state index in [0.29, 0.717) is 13.2 Å².